The molecule has 0 spiro atoms. The van der Waals surface area contributed by atoms with Crippen LogP contribution in [-0.2, 0) is 9.53 Å². The average Bonchev–Trinajstić information content (AvgIpc) is 2.17. The van der Waals surface area contributed by atoms with Crippen LogP contribution in [0.4, 0.5) is 0 Å². The SMILES string of the molecule is C=CCC(O)CCCCCC(=O)OC. The maximum absolute atomic E-state index is 10.7. The quantitative estimate of drug-likeness (QED) is 0.370. The molecule has 14 heavy (non-hydrogen) atoms. The molecule has 1 unspecified atom stereocenters. The molecule has 3 nitrogen and oxygen atoms in total. The minimum Gasteiger partial charge on any atom is -0.469 e. The molecule has 0 amide bonds. The lowest BCUT2D eigenvalue weighted by atomic mass is 10.1. The number of aliphatic hydroxyl groups excluding tert-OH is 1. The van der Waals surface area contributed by atoms with Crippen molar-refractivity contribution in [3.63, 3.8) is 0 Å². The van der Waals surface area contributed by atoms with Crippen LogP contribution >= 0.6 is 0 Å². The van der Waals surface area contributed by atoms with Crippen molar-refractivity contribution in [2.24, 2.45) is 0 Å². The van der Waals surface area contributed by atoms with Crippen molar-refractivity contribution in [3.05, 3.63) is 12.7 Å². The topological polar surface area (TPSA) is 46.5 Å². The normalized spacial score (nSPS) is 12.1. The van der Waals surface area contributed by atoms with E-state index in [0.29, 0.717) is 12.8 Å². The zero-order valence-electron chi connectivity index (χ0n) is 8.87. The van der Waals surface area contributed by atoms with E-state index in [-0.39, 0.29) is 12.1 Å². The van der Waals surface area contributed by atoms with Crippen LogP contribution in [0.5, 0.6) is 0 Å². The summed E-state index contributed by atoms with van der Waals surface area (Å²) in [5.41, 5.74) is 0. The summed E-state index contributed by atoms with van der Waals surface area (Å²) in [6.45, 7) is 3.56. The van der Waals surface area contributed by atoms with Gasteiger partial charge in [-0.15, -0.1) is 6.58 Å². The molecular formula is C11H20O3. The minimum absolute atomic E-state index is 0.156. The zero-order chi connectivity index (χ0) is 10.8. The molecule has 0 aliphatic heterocycles. The Hall–Kier alpha value is -0.830. The van der Waals surface area contributed by atoms with E-state index in [1.165, 1.54) is 7.11 Å². The number of rotatable bonds is 8. The molecule has 0 radical (unpaired) electrons. The van der Waals surface area contributed by atoms with Gasteiger partial charge in [-0.25, -0.2) is 0 Å². The van der Waals surface area contributed by atoms with Gasteiger partial charge < -0.3 is 9.84 Å². The first kappa shape index (κ1) is 13.2. The summed E-state index contributed by atoms with van der Waals surface area (Å²) in [4.78, 5) is 10.7. The van der Waals surface area contributed by atoms with Crippen molar-refractivity contribution in [1.82, 2.24) is 0 Å². The van der Waals surface area contributed by atoms with E-state index < -0.39 is 0 Å². The molecule has 3 heteroatoms. The third-order valence-electron chi connectivity index (χ3n) is 2.08. The van der Waals surface area contributed by atoms with E-state index in [2.05, 4.69) is 11.3 Å². The molecule has 0 aliphatic rings. The molecule has 0 saturated heterocycles. The predicted octanol–water partition coefficient (Wildman–Crippen LogP) is 2.05. The van der Waals surface area contributed by atoms with Crippen LogP contribution in [0.1, 0.15) is 38.5 Å². The Morgan fingerprint density at radius 2 is 2.21 bits per heavy atom. The molecule has 0 aromatic heterocycles. The summed E-state index contributed by atoms with van der Waals surface area (Å²) < 4.78 is 4.51. The maximum atomic E-state index is 10.7. The molecule has 82 valence electrons. The van der Waals surface area contributed by atoms with Gasteiger partial charge in [0.05, 0.1) is 13.2 Å². The molecule has 0 heterocycles. The molecule has 0 aromatic carbocycles. The van der Waals surface area contributed by atoms with E-state index in [0.717, 1.165) is 25.7 Å². The number of aliphatic hydroxyl groups is 1. The highest BCUT2D eigenvalue weighted by Crippen LogP contribution is 2.08. The Kier molecular flexibility index (Phi) is 8.24. The molecule has 0 fully saturated rings. The lowest BCUT2D eigenvalue weighted by Gasteiger charge is -2.06. The van der Waals surface area contributed by atoms with Gasteiger partial charge >= 0.3 is 5.97 Å². The largest absolute Gasteiger partial charge is 0.469 e. The van der Waals surface area contributed by atoms with Gasteiger partial charge in [0.2, 0.25) is 0 Å². The van der Waals surface area contributed by atoms with Gasteiger partial charge in [0.1, 0.15) is 0 Å². The van der Waals surface area contributed by atoms with Gasteiger partial charge in [-0.3, -0.25) is 4.79 Å². The Morgan fingerprint density at radius 1 is 1.50 bits per heavy atom. The number of carbonyl (C=O) groups is 1. The van der Waals surface area contributed by atoms with Crippen molar-refractivity contribution < 1.29 is 14.6 Å². The monoisotopic (exact) mass is 200 g/mol. The summed E-state index contributed by atoms with van der Waals surface area (Å²) in [6.07, 6.45) is 6.12. The number of unbranched alkanes of at least 4 members (excludes halogenated alkanes) is 2. The zero-order valence-corrected chi connectivity index (χ0v) is 8.87. The van der Waals surface area contributed by atoms with Gasteiger partial charge in [0.25, 0.3) is 0 Å². The Labute approximate surface area is 85.8 Å². The van der Waals surface area contributed by atoms with E-state index >= 15 is 0 Å². The lowest BCUT2D eigenvalue weighted by molar-refractivity contribution is -0.140. The maximum Gasteiger partial charge on any atom is 0.305 e. The van der Waals surface area contributed by atoms with Crippen LogP contribution in [0.25, 0.3) is 0 Å². The van der Waals surface area contributed by atoms with Gasteiger partial charge in [0.15, 0.2) is 0 Å². The molecule has 0 aromatic rings. The first-order chi connectivity index (χ1) is 6.70. The van der Waals surface area contributed by atoms with Crippen LogP contribution < -0.4 is 0 Å². The highest BCUT2D eigenvalue weighted by atomic mass is 16.5. The van der Waals surface area contributed by atoms with Crippen LogP contribution in [0.15, 0.2) is 12.7 Å². The standard InChI is InChI=1S/C11H20O3/c1-3-7-10(12)8-5-4-6-9-11(13)14-2/h3,10,12H,1,4-9H2,2H3. The van der Waals surface area contributed by atoms with E-state index in [4.69, 9.17) is 0 Å². The fourth-order valence-corrected chi connectivity index (χ4v) is 1.24. The minimum atomic E-state index is -0.273. The van der Waals surface area contributed by atoms with Gasteiger partial charge in [-0.2, -0.15) is 0 Å². The summed E-state index contributed by atoms with van der Waals surface area (Å²) in [5, 5.41) is 9.34. The molecule has 0 aliphatic carbocycles. The summed E-state index contributed by atoms with van der Waals surface area (Å²) in [7, 11) is 1.40. The summed E-state index contributed by atoms with van der Waals surface area (Å²) >= 11 is 0. The van der Waals surface area contributed by atoms with Gasteiger partial charge in [0, 0.05) is 6.42 Å². The second-order valence-electron chi connectivity index (χ2n) is 3.35. The number of methoxy groups -OCH3 is 1. The first-order valence-electron chi connectivity index (χ1n) is 5.06. The van der Waals surface area contributed by atoms with Crippen molar-refractivity contribution in [2.75, 3.05) is 7.11 Å². The van der Waals surface area contributed by atoms with E-state index in [1.807, 2.05) is 0 Å². The fraction of sp³-hybridized carbons (Fsp3) is 0.727. The third-order valence-corrected chi connectivity index (χ3v) is 2.08. The van der Waals surface area contributed by atoms with Crippen LogP contribution in [0, 0.1) is 0 Å². The molecular weight excluding hydrogens is 180 g/mol. The smallest absolute Gasteiger partial charge is 0.305 e. The molecule has 0 saturated carbocycles. The third kappa shape index (κ3) is 7.80. The molecule has 0 bridgehead atoms. The van der Waals surface area contributed by atoms with Crippen molar-refractivity contribution in [2.45, 2.75) is 44.6 Å². The number of hydrogen-bond acceptors (Lipinski definition) is 3. The van der Waals surface area contributed by atoms with E-state index in [1.54, 1.807) is 6.08 Å². The van der Waals surface area contributed by atoms with Crippen LogP contribution in [-0.4, -0.2) is 24.3 Å². The predicted molar refractivity (Wildman–Crippen MR) is 55.9 cm³/mol. The number of hydrogen-bond donors (Lipinski definition) is 1. The van der Waals surface area contributed by atoms with E-state index in [9.17, 15) is 9.90 Å². The molecule has 0 rings (SSSR count). The average molecular weight is 200 g/mol. The Balaban J connectivity index is 3.20. The summed E-state index contributed by atoms with van der Waals surface area (Å²) in [5.74, 6) is -0.156. The number of carbonyl (C=O) groups excluding carboxylic acids is 1. The fourth-order valence-electron chi connectivity index (χ4n) is 1.24. The molecule has 1 N–H and O–H groups in total. The lowest BCUT2D eigenvalue weighted by Crippen LogP contribution is -2.04. The van der Waals surface area contributed by atoms with Crippen LogP contribution in [0.2, 0.25) is 0 Å². The second-order valence-corrected chi connectivity index (χ2v) is 3.35. The van der Waals surface area contributed by atoms with Crippen molar-refractivity contribution in [3.8, 4) is 0 Å². The highest BCUT2D eigenvalue weighted by molar-refractivity contribution is 5.68. The van der Waals surface area contributed by atoms with Crippen LogP contribution in [0.3, 0.4) is 0 Å². The Morgan fingerprint density at radius 3 is 2.79 bits per heavy atom. The highest BCUT2D eigenvalue weighted by Gasteiger charge is 2.02. The van der Waals surface area contributed by atoms with Crippen molar-refractivity contribution >= 4 is 5.97 Å². The second kappa shape index (κ2) is 8.75. The first-order valence-corrected chi connectivity index (χ1v) is 5.06. The van der Waals surface area contributed by atoms with Gasteiger partial charge in [-0.1, -0.05) is 18.9 Å². The summed E-state index contributed by atoms with van der Waals surface area (Å²) in [6, 6.07) is 0. The number of ether oxygens (including phenoxy) is 1. The molecule has 1 atom stereocenters. The van der Waals surface area contributed by atoms with Crippen molar-refractivity contribution in [1.29, 1.82) is 0 Å². The number of esters is 1. The Bertz CT molecular complexity index is 166. The van der Waals surface area contributed by atoms with Gasteiger partial charge in [-0.05, 0) is 19.3 Å².